The van der Waals surface area contributed by atoms with E-state index in [9.17, 15) is 9.59 Å². The summed E-state index contributed by atoms with van der Waals surface area (Å²) in [6.07, 6.45) is 8.00. The second kappa shape index (κ2) is 8.50. The number of rotatable bonds is 5. The molecule has 0 radical (unpaired) electrons. The van der Waals surface area contributed by atoms with Crippen LogP contribution in [0.15, 0.2) is 18.2 Å². The second-order valence-electron chi connectivity index (χ2n) is 7.35. The lowest BCUT2D eigenvalue weighted by Gasteiger charge is -2.35. The minimum Gasteiger partial charge on any atom is -0.339 e. The van der Waals surface area contributed by atoms with E-state index in [1.54, 1.807) is 0 Å². The Bertz CT molecular complexity index is 618. The van der Waals surface area contributed by atoms with Crippen molar-refractivity contribution in [3.63, 3.8) is 0 Å². The van der Waals surface area contributed by atoms with Gasteiger partial charge in [0.25, 0.3) is 0 Å². The maximum atomic E-state index is 12.6. The Labute approximate surface area is 151 Å². The van der Waals surface area contributed by atoms with Crippen LogP contribution in [-0.4, -0.2) is 47.8 Å². The summed E-state index contributed by atoms with van der Waals surface area (Å²) in [5.74, 6) is 0.431. The van der Waals surface area contributed by atoms with Crippen LogP contribution in [0.5, 0.6) is 0 Å². The predicted molar refractivity (Wildman–Crippen MR) is 99.5 cm³/mol. The molecule has 1 saturated heterocycles. The fraction of sp³-hybridized carbons (Fsp3) is 0.619. The molecular formula is C21H30N2O2. The molecule has 2 aliphatic rings. The molecule has 3 rings (SSSR count). The summed E-state index contributed by atoms with van der Waals surface area (Å²) in [6, 6.07) is 6.56. The van der Waals surface area contributed by atoms with Crippen molar-refractivity contribution in [1.29, 1.82) is 0 Å². The number of hydrogen-bond acceptors (Lipinski definition) is 2. The van der Waals surface area contributed by atoms with Crippen LogP contribution in [-0.2, 0) is 28.9 Å². The largest absolute Gasteiger partial charge is 0.339 e. The minimum atomic E-state index is 0.191. The highest BCUT2D eigenvalue weighted by atomic mass is 16.2. The van der Waals surface area contributed by atoms with Gasteiger partial charge in [0.1, 0.15) is 0 Å². The molecule has 1 heterocycles. The number of carbonyl (C=O) groups is 2. The molecule has 1 aromatic rings. The SMILES string of the molecule is CCCCC(=O)N1CCN(C(=O)Cc2ccc3c(c2)CCCC3)CC1. The molecule has 1 aliphatic carbocycles. The Morgan fingerprint density at radius 1 is 0.920 bits per heavy atom. The third-order valence-electron chi connectivity index (χ3n) is 5.50. The molecule has 0 N–H and O–H groups in total. The van der Waals surface area contributed by atoms with Gasteiger partial charge in [0.2, 0.25) is 11.8 Å². The molecule has 0 aromatic heterocycles. The first kappa shape index (κ1) is 18.0. The molecule has 0 bridgehead atoms. The van der Waals surface area contributed by atoms with Crippen LogP contribution in [0.25, 0.3) is 0 Å². The molecule has 1 fully saturated rings. The summed E-state index contributed by atoms with van der Waals surface area (Å²) in [6.45, 7) is 4.80. The predicted octanol–water partition coefficient (Wildman–Crippen LogP) is 2.97. The number of unbranched alkanes of at least 4 members (excludes halogenated alkanes) is 1. The molecule has 136 valence electrons. The molecule has 4 heteroatoms. The summed E-state index contributed by atoms with van der Waals surface area (Å²) in [5.41, 5.74) is 4.02. The smallest absolute Gasteiger partial charge is 0.227 e. The van der Waals surface area contributed by atoms with Crippen LogP contribution in [0.4, 0.5) is 0 Å². The van der Waals surface area contributed by atoms with Crippen molar-refractivity contribution < 1.29 is 9.59 Å². The van der Waals surface area contributed by atoms with Crippen molar-refractivity contribution >= 4 is 11.8 Å². The zero-order valence-corrected chi connectivity index (χ0v) is 15.4. The molecule has 1 aliphatic heterocycles. The number of nitrogens with zero attached hydrogens (tertiary/aromatic N) is 2. The molecular weight excluding hydrogens is 312 g/mol. The van der Waals surface area contributed by atoms with Gasteiger partial charge < -0.3 is 9.80 Å². The second-order valence-corrected chi connectivity index (χ2v) is 7.35. The van der Waals surface area contributed by atoms with E-state index < -0.39 is 0 Å². The summed E-state index contributed by atoms with van der Waals surface area (Å²) in [4.78, 5) is 28.5. The van der Waals surface area contributed by atoms with E-state index in [4.69, 9.17) is 0 Å². The molecule has 0 unspecified atom stereocenters. The lowest BCUT2D eigenvalue weighted by Crippen LogP contribution is -2.50. The highest BCUT2D eigenvalue weighted by Gasteiger charge is 2.24. The first-order valence-corrected chi connectivity index (χ1v) is 9.83. The zero-order valence-electron chi connectivity index (χ0n) is 15.4. The van der Waals surface area contributed by atoms with E-state index in [2.05, 4.69) is 25.1 Å². The molecule has 25 heavy (non-hydrogen) atoms. The van der Waals surface area contributed by atoms with Gasteiger partial charge in [-0.1, -0.05) is 31.5 Å². The van der Waals surface area contributed by atoms with Crippen molar-refractivity contribution in [1.82, 2.24) is 9.80 Å². The third kappa shape index (κ3) is 4.62. The molecule has 2 amide bonds. The van der Waals surface area contributed by atoms with Crippen LogP contribution in [0, 0.1) is 0 Å². The van der Waals surface area contributed by atoms with E-state index in [0.29, 0.717) is 39.0 Å². The van der Waals surface area contributed by atoms with Gasteiger partial charge in [-0.15, -0.1) is 0 Å². The van der Waals surface area contributed by atoms with E-state index >= 15 is 0 Å². The first-order valence-electron chi connectivity index (χ1n) is 9.83. The summed E-state index contributed by atoms with van der Waals surface area (Å²) < 4.78 is 0. The number of aryl methyl sites for hydroxylation is 2. The van der Waals surface area contributed by atoms with Crippen LogP contribution < -0.4 is 0 Å². The summed E-state index contributed by atoms with van der Waals surface area (Å²) in [7, 11) is 0. The summed E-state index contributed by atoms with van der Waals surface area (Å²) in [5, 5.41) is 0. The van der Waals surface area contributed by atoms with Crippen molar-refractivity contribution in [2.75, 3.05) is 26.2 Å². The fourth-order valence-corrected chi connectivity index (χ4v) is 3.87. The molecule has 1 aromatic carbocycles. The monoisotopic (exact) mass is 342 g/mol. The van der Waals surface area contributed by atoms with Crippen molar-refractivity contribution in [2.24, 2.45) is 0 Å². The van der Waals surface area contributed by atoms with Crippen molar-refractivity contribution in [3.8, 4) is 0 Å². The number of benzene rings is 1. The highest BCUT2D eigenvalue weighted by molar-refractivity contribution is 5.80. The first-order chi connectivity index (χ1) is 12.2. The third-order valence-corrected chi connectivity index (χ3v) is 5.50. The minimum absolute atomic E-state index is 0.191. The molecule has 0 saturated carbocycles. The Hall–Kier alpha value is -1.84. The van der Waals surface area contributed by atoms with Gasteiger partial charge in [0.15, 0.2) is 0 Å². The number of hydrogen-bond donors (Lipinski definition) is 0. The Morgan fingerprint density at radius 2 is 1.56 bits per heavy atom. The Morgan fingerprint density at radius 3 is 2.24 bits per heavy atom. The molecule has 0 spiro atoms. The van der Waals surface area contributed by atoms with Crippen LogP contribution >= 0.6 is 0 Å². The van der Waals surface area contributed by atoms with Crippen molar-refractivity contribution in [2.45, 2.75) is 58.3 Å². The van der Waals surface area contributed by atoms with E-state index in [-0.39, 0.29) is 11.8 Å². The van der Waals surface area contributed by atoms with E-state index in [1.807, 2.05) is 9.80 Å². The van der Waals surface area contributed by atoms with Gasteiger partial charge in [0, 0.05) is 32.6 Å². The number of carbonyl (C=O) groups excluding carboxylic acids is 2. The maximum absolute atomic E-state index is 12.6. The lowest BCUT2D eigenvalue weighted by atomic mass is 9.90. The number of piperazine rings is 1. The zero-order chi connectivity index (χ0) is 17.6. The van der Waals surface area contributed by atoms with Gasteiger partial charge in [-0.05, 0) is 48.8 Å². The van der Waals surface area contributed by atoms with Gasteiger partial charge in [-0.3, -0.25) is 9.59 Å². The van der Waals surface area contributed by atoms with Gasteiger partial charge in [-0.25, -0.2) is 0 Å². The van der Waals surface area contributed by atoms with Gasteiger partial charge >= 0.3 is 0 Å². The maximum Gasteiger partial charge on any atom is 0.227 e. The topological polar surface area (TPSA) is 40.6 Å². The number of amides is 2. The Balaban J connectivity index is 1.50. The Kier molecular flexibility index (Phi) is 6.11. The number of fused-ring (bicyclic) bond motifs is 1. The summed E-state index contributed by atoms with van der Waals surface area (Å²) >= 11 is 0. The van der Waals surface area contributed by atoms with Crippen LogP contribution in [0.1, 0.15) is 55.7 Å². The average Bonchev–Trinajstić information content (AvgIpc) is 2.66. The highest BCUT2D eigenvalue weighted by Crippen LogP contribution is 2.22. The van der Waals surface area contributed by atoms with E-state index in [1.165, 1.54) is 30.4 Å². The van der Waals surface area contributed by atoms with Gasteiger partial charge in [-0.2, -0.15) is 0 Å². The fourth-order valence-electron chi connectivity index (χ4n) is 3.87. The average molecular weight is 342 g/mol. The normalized spacial score (nSPS) is 17.3. The van der Waals surface area contributed by atoms with E-state index in [0.717, 1.165) is 24.8 Å². The standard InChI is InChI=1S/C21H30N2O2/c1-2-3-8-20(24)22-11-13-23(14-12-22)21(25)16-17-9-10-18-6-4-5-7-19(18)15-17/h9-10,15H,2-8,11-14,16H2,1H3. The van der Waals surface area contributed by atoms with Gasteiger partial charge in [0.05, 0.1) is 6.42 Å². The quantitative estimate of drug-likeness (QED) is 0.825. The molecule has 0 atom stereocenters. The van der Waals surface area contributed by atoms with Crippen molar-refractivity contribution in [3.05, 3.63) is 34.9 Å². The van der Waals surface area contributed by atoms with Crippen LogP contribution in [0.3, 0.4) is 0 Å². The lowest BCUT2D eigenvalue weighted by molar-refractivity contribution is -0.139. The molecule has 4 nitrogen and oxygen atoms in total. The van der Waals surface area contributed by atoms with Crippen LogP contribution in [0.2, 0.25) is 0 Å².